The van der Waals surface area contributed by atoms with Crippen LogP contribution in [0.15, 0.2) is 18.2 Å². The van der Waals surface area contributed by atoms with E-state index in [9.17, 15) is 4.79 Å². The molecular weight excluding hydrogens is 270 g/mol. The van der Waals surface area contributed by atoms with Gasteiger partial charge in [-0.2, -0.15) is 0 Å². The summed E-state index contributed by atoms with van der Waals surface area (Å²) in [5.41, 5.74) is 1.12. The number of ether oxygens (including phenoxy) is 3. The predicted molar refractivity (Wildman–Crippen MR) is 79.8 cm³/mol. The molecule has 5 heteroatoms. The highest BCUT2D eigenvalue weighted by atomic mass is 16.5. The number of methoxy groups -OCH3 is 3. The molecule has 1 aliphatic rings. The lowest BCUT2D eigenvalue weighted by atomic mass is 9.97. The molecule has 1 aromatic rings. The van der Waals surface area contributed by atoms with Crippen LogP contribution in [-0.2, 0) is 16.0 Å². The molecule has 1 aromatic carbocycles. The van der Waals surface area contributed by atoms with Crippen molar-refractivity contribution >= 4 is 5.91 Å². The maximum absolute atomic E-state index is 12.0. The number of hydrogen-bond donors (Lipinski definition) is 0. The topological polar surface area (TPSA) is 48.0 Å². The van der Waals surface area contributed by atoms with Crippen molar-refractivity contribution in [2.45, 2.75) is 12.8 Å². The monoisotopic (exact) mass is 293 g/mol. The van der Waals surface area contributed by atoms with Crippen molar-refractivity contribution in [1.29, 1.82) is 0 Å². The summed E-state index contributed by atoms with van der Waals surface area (Å²) in [5.74, 6) is 2.14. The van der Waals surface area contributed by atoms with E-state index >= 15 is 0 Å². The van der Waals surface area contributed by atoms with Crippen molar-refractivity contribution in [3.8, 4) is 11.5 Å². The average molecular weight is 293 g/mol. The van der Waals surface area contributed by atoms with Crippen LogP contribution in [0.25, 0.3) is 0 Å². The molecule has 0 N–H and O–H groups in total. The fraction of sp³-hybridized carbons (Fsp3) is 0.562. The van der Waals surface area contributed by atoms with Crippen molar-refractivity contribution < 1.29 is 19.0 Å². The van der Waals surface area contributed by atoms with Crippen LogP contribution < -0.4 is 9.47 Å². The summed E-state index contributed by atoms with van der Waals surface area (Å²) in [6, 6.07) is 5.83. The summed E-state index contributed by atoms with van der Waals surface area (Å²) < 4.78 is 15.7. The van der Waals surface area contributed by atoms with Crippen molar-refractivity contribution in [2.75, 3.05) is 41.0 Å². The van der Waals surface area contributed by atoms with Gasteiger partial charge in [-0.1, -0.05) is 6.07 Å². The second-order valence-electron chi connectivity index (χ2n) is 5.28. The van der Waals surface area contributed by atoms with E-state index in [1.54, 1.807) is 21.3 Å². The largest absolute Gasteiger partial charge is 0.497 e. The lowest BCUT2D eigenvalue weighted by Crippen LogP contribution is -2.28. The molecule has 116 valence electrons. The lowest BCUT2D eigenvalue weighted by Gasteiger charge is -2.17. The molecule has 1 aliphatic heterocycles. The van der Waals surface area contributed by atoms with Gasteiger partial charge < -0.3 is 19.1 Å². The maximum atomic E-state index is 12.0. The third-order valence-electron chi connectivity index (χ3n) is 3.86. The molecular formula is C16H23NO4. The number of benzene rings is 1. The molecule has 0 aromatic heterocycles. The quantitative estimate of drug-likeness (QED) is 0.768. The average Bonchev–Trinajstić information content (AvgIpc) is 2.85. The zero-order valence-electron chi connectivity index (χ0n) is 12.9. The first-order valence-corrected chi connectivity index (χ1v) is 7.15. The molecule has 0 spiro atoms. The van der Waals surface area contributed by atoms with Crippen molar-refractivity contribution in [1.82, 2.24) is 4.90 Å². The Morgan fingerprint density at radius 3 is 2.71 bits per heavy atom. The van der Waals surface area contributed by atoms with Gasteiger partial charge in [-0.05, 0) is 24.0 Å². The zero-order chi connectivity index (χ0) is 15.2. The Morgan fingerprint density at radius 1 is 1.24 bits per heavy atom. The van der Waals surface area contributed by atoms with Gasteiger partial charge in [0.15, 0.2) is 0 Å². The molecule has 0 bridgehead atoms. The highest BCUT2D eigenvalue weighted by molar-refractivity contribution is 5.78. The van der Waals surface area contributed by atoms with E-state index in [4.69, 9.17) is 14.2 Å². The standard InChI is InChI=1S/C16H23NO4/c1-19-7-6-17-11-12(9-16(17)18)8-13-4-5-14(20-2)10-15(13)21-3/h4-5,10,12H,6-9,11H2,1-3H3/t12-/m1/s1. The summed E-state index contributed by atoms with van der Waals surface area (Å²) in [5, 5.41) is 0. The first-order valence-electron chi connectivity index (χ1n) is 7.15. The van der Waals surface area contributed by atoms with E-state index in [1.165, 1.54) is 0 Å². The molecule has 0 saturated carbocycles. The SMILES string of the molecule is COCCN1C[C@H](Cc2ccc(OC)cc2OC)CC1=O. The zero-order valence-corrected chi connectivity index (χ0v) is 12.9. The third kappa shape index (κ3) is 3.88. The van der Waals surface area contributed by atoms with Gasteiger partial charge in [0.05, 0.1) is 20.8 Å². The van der Waals surface area contributed by atoms with Crippen LogP contribution in [-0.4, -0.2) is 51.8 Å². The Hall–Kier alpha value is -1.75. The summed E-state index contributed by atoms with van der Waals surface area (Å²) in [6.45, 7) is 2.05. The van der Waals surface area contributed by atoms with Gasteiger partial charge in [-0.3, -0.25) is 4.79 Å². The molecule has 21 heavy (non-hydrogen) atoms. The number of carbonyl (C=O) groups is 1. The maximum Gasteiger partial charge on any atom is 0.223 e. The Labute approximate surface area is 125 Å². The fourth-order valence-corrected chi connectivity index (χ4v) is 2.74. The second kappa shape index (κ2) is 7.31. The van der Waals surface area contributed by atoms with E-state index < -0.39 is 0 Å². The number of likely N-dealkylation sites (tertiary alicyclic amines) is 1. The number of rotatable bonds is 7. The number of carbonyl (C=O) groups excluding carboxylic acids is 1. The minimum atomic E-state index is 0.213. The summed E-state index contributed by atoms with van der Waals surface area (Å²) >= 11 is 0. The molecule has 1 saturated heterocycles. The Kier molecular flexibility index (Phi) is 5.44. The molecule has 1 heterocycles. The van der Waals surface area contributed by atoms with Crippen molar-refractivity contribution in [2.24, 2.45) is 5.92 Å². The molecule has 1 atom stereocenters. The van der Waals surface area contributed by atoms with Gasteiger partial charge in [0.25, 0.3) is 0 Å². The molecule has 1 fully saturated rings. The van der Waals surface area contributed by atoms with Gasteiger partial charge in [-0.15, -0.1) is 0 Å². The van der Waals surface area contributed by atoms with Crippen LogP contribution in [0.1, 0.15) is 12.0 Å². The number of hydrogen-bond acceptors (Lipinski definition) is 4. The molecule has 2 rings (SSSR count). The Morgan fingerprint density at radius 2 is 2.05 bits per heavy atom. The third-order valence-corrected chi connectivity index (χ3v) is 3.86. The minimum Gasteiger partial charge on any atom is -0.497 e. The molecule has 0 aliphatic carbocycles. The van der Waals surface area contributed by atoms with Gasteiger partial charge in [0, 0.05) is 32.7 Å². The first kappa shape index (κ1) is 15.6. The first-order chi connectivity index (χ1) is 10.2. The molecule has 5 nitrogen and oxygen atoms in total. The predicted octanol–water partition coefficient (Wildman–Crippen LogP) is 1.74. The van der Waals surface area contributed by atoms with E-state index in [-0.39, 0.29) is 5.91 Å². The molecule has 0 unspecified atom stereocenters. The normalized spacial score (nSPS) is 18.1. The minimum absolute atomic E-state index is 0.213. The van der Waals surface area contributed by atoms with Crippen LogP contribution in [0.5, 0.6) is 11.5 Å². The van der Waals surface area contributed by atoms with Gasteiger partial charge >= 0.3 is 0 Å². The van der Waals surface area contributed by atoms with E-state index in [2.05, 4.69) is 0 Å². The number of amides is 1. The van der Waals surface area contributed by atoms with Crippen LogP contribution in [0.2, 0.25) is 0 Å². The molecule has 0 radical (unpaired) electrons. The van der Waals surface area contributed by atoms with Crippen LogP contribution >= 0.6 is 0 Å². The highest BCUT2D eigenvalue weighted by Gasteiger charge is 2.29. The molecule has 1 amide bonds. The summed E-state index contributed by atoms with van der Waals surface area (Å²) in [7, 11) is 4.95. The van der Waals surface area contributed by atoms with E-state index in [1.807, 2.05) is 23.1 Å². The summed E-state index contributed by atoms with van der Waals surface area (Å²) in [4.78, 5) is 13.8. The van der Waals surface area contributed by atoms with Crippen LogP contribution in [0.3, 0.4) is 0 Å². The van der Waals surface area contributed by atoms with Gasteiger partial charge in [0.1, 0.15) is 11.5 Å². The Bertz CT molecular complexity index is 489. The Balaban J connectivity index is 2.01. The second-order valence-corrected chi connectivity index (χ2v) is 5.28. The van der Waals surface area contributed by atoms with E-state index in [0.29, 0.717) is 25.5 Å². The van der Waals surface area contributed by atoms with Crippen molar-refractivity contribution in [3.05, 3.63) is 23.8 Å². The smallest absolute Gasteiger partial charge is 0.223 e. The summed E-state index contributed by atoms with van der Waals surface area (Å²) in [6.07, 6.45) is 1.43. The lowest BCUT2D eigenvalue weighted by molar-refractivity contribution is -0.128. The van der Waals surface area contributed by atoms with Crippen LogP contribution in [0, 0.1) is 5.92 Å². The van der Waals surface area contributed by atoms with Gasteiger partial charge in [-0.25, -0.2) is 0 Å². The fourth-order valence-electron chi connectivity index (χ4n) is 2.74. The van der Waals surface area contributed by atoms with E-state index in [0.717, 1.165) is 30.0 Å². The van der Waals surface area contributed by atoms with Crippen LogP contribution in [0.4, 0.5) is 0 Å². The van der Waals surface area contributed by atoms with Gasteiger partial charge in [0.2, 0.25) is 5.91 Å². The van der Waals surface area contributed by atoms with Crippen molar-refractivity contribution in [3.63, 3.8) is 0 Å². The number of nitrogens with zero attached hydrogens (tertiary/aromatic N) is 1. The highest BCUT2D eigenvalue weighted by Crippen LogP contribution is 2.29.